The molecule has 0 aliphatic carbocycles. The lowest BCUT2D eigenvalue weighted by Crippen LogP contribution is -2.43. The Morgan fingerprint density at radius 2 is 2.00 bits per heavy atom. The molecule has 0 aliphatic heterocycles. The molecule has 0 heterocycles. The molecule has 2 unspecified atom stereocenters. The van der Waals surface area contributed by atoms with Crippen LogP contribution in [0.5, 0.6) is 0 Å². The van der Waals surface area contributed by atoms with Gasteiger partial charge in [-0.3, -0.25) is 0 Å². The van der Waals surface area contributed by atoms with Gasteiger partial charge >= 0.3 is 0 Å². The number of rotatable bonds is 8. The van der Waals surface area contributed by atoms with Crippen LogP contribution >= 0.6 is 0 Å². The van der Waals surface area contributed by atoms with Crippen LogP contribution in [0.4, 0.5) is 0 Å². The van der Waals surface area contributed by atoms with Gasteiger partial charge in [-0.1, -0.05) is 26.3 Å². The average Bonchev–Trinajstić information content (AvgIpc) is 2.14. The molecule has 90 valence electrons. The van der Waals surface area contributed by atoms with Crippen molar-refractivity contribution in [2.45, 2.75) is 52.7 Å². The van der Waals surface area contributed by atoms with Crippen molar-refractivity contribution in [2.75, 3.05) is 13.7 Å². The van der Waals surface area contributed by atoms with Gasteiger partial charge in [-0.15, -0.1) is 6.58 Å². The fourth-order valence-corrected chi connectivity index (χ4v) is 1.95. The third kappa shape index (κ3) is 5.95. The summed E-state index contributed by atoms with van der Waals surface area (Å²) in [5.41, 5.74) is 1.25. The summed E-state index contributed by atoms with van der Waals surface area (Å²) in [6.45, 7) is 13.6. The Morgan fingerprint density at radius 3 is 2.33 bits per heavy atom. The molecule has 2 nitrogen and oxygen atoms in total. The van der Waals surface area contributed by atoms with Crippen molar-refractivity contribution in [1.82, 2.24) is 5.32 Å². The van der Waals surface area contributed by atoms with E-state index in [1.165, 1.54) is 5.57 Å². The Labute approximate surface area is 95.1 Å². The Bertz CT molecular complexity index is 177. The summed E-state index contributed by atoms with van der Waals surface area (Å²) in [6, 6.07) is 0.441. The molecule has 2 atom stereocenters. The van der Waals surface area contributed by atoms with Gasteiger partial charge in [0.25, 0.3) is 0 Å². The summed E-state index contributed by atoms with van der Waals surface area (Å²) in [6.07, 6.45) is 2.48. The fourth-order valence-electron chi connectivity index (χ4n) is 1.95. The van der Waals surface area contributed by atoms with E-state index in [0.717, 1.165) is 19.4 Å². The normalized spacial score (nSPS) is 15.3. The number of allylic oxidation sites excluding steroid dienone is 1. The monoisotopic (exact) mass is 213 g/mol. The maximum atomic E-state index is 5.57. The van der Waals surface area contributed by atoms with E-state index in [1.54, 1.807) is 7.11 Å². The highest BCUT2D eigenvalue weighted by atomic mass is 16.5. The zero-order valence-electron chi connectivity index (χ0n) is 11.0. The average molecular weight is 213 g/mol. The van der Waals surface area contributed by atoms with Gasteiger partial charge in [0.05, 0.1) is 6.10 Å². The Balaban J connectivity index is 4.26. The Hall–Kier alpha value is -0.340. The van der Waals surface area contributed by atoms with E-state index in [2.05, 4.69) is 39.6 Å². The van der Waals surface area contributed by atoms with Gasteiger partial charge in [-0.2, -0.15) is 0 Å². The minimum absolute atomic E-state index is 0.296. The molecule has 1 N–H and O–H groups in total. The van der Waals surface area contributed by atoms with Crippen LogP contribution in [-0.4, -0.2) is 25.8 Å². The van der Waals surface area contributed by atoms with E-state index >= 15 is 0 Å². The van der Waals surface area contributed by atoms with Gasteiger partial charge in [-0.25, -0.2) is 0 Å². The second-order valence-corrected chi connectivity index (χ2v) is 4.60. The van der Waals surface area contributed by atoms with Crippen LogP contribution in [0, 0.1) is 5.92 Å². The molecule has 0 amide bonds. The molecule has 0 fully saturated rings. The second kappa shape index (κ2) is 7.89. The first-order valence-corrected chi connectivity index (χ1v) is 5.93. The zero-order chi connectivity index (χ0) is 11.8. The number of methoxy groups -OCH3 is 1. The molecule has 0 aromatic carbocycles. The number of hydrogen-bond donors (Lipinski definition) is 1. The minimum Gasteiger partial charge on any atom is -0.380 e. The molecule has 0 saturated heterocycles. The van der Waals surface area contributed by atoms with Crippen molar-refractivity contribution < 1.29 is 4.74 Å². The zero-order valence-corrected chi connectivity index (χ0v) is 11.0. The van der Waals surface area contributed by atoms with Crippen LogP contribution in [0.2, 0.25) is 0 Å². The topological polar surface area (TPSA) is 21.3 Å². The molecule has 15 heavy (non-hydrogen) atoms. The first-order valence-electron chi connectivity index (χ1n) is 5.93. The van der Waals surface area contributed by atoms with Crippen molar-refractivity contribution in [3.05, 3.63) is 12.2 Å². The van der Waals surface area contributed by atoms with Crippen molar-refractivity contribution in [3.8, 4) is 0 Å². The quantitative estimate of drug-likeness (QED) is 0.626. The molecule has 0 radical (unpaired) electrons. The Kier molecular flexibility index (Phi) is 7.71. The van der Waals surface area contributed by atoms with Gasteiger partial charge < -0.3 is 10.1 Å². The highest BCUT2D eigenvalue weighted by Crippen LogP contribution is 2.16. The number of likely N-dealkylation sites (N-methyl/N-ethyl adjacent to an activating group) is 1. The van der Waals surface area contributed by atoms with Gasteiger partial charge in [0.2, 0.25) is 0 Å². The standard InChI is InChI=1S/C13H27NO/c1-7-14-12(9-8-10(2)3)13(15-6)11(4)5/h11-14H,2,7-9H2,1,3-6H3. The van der Waals surface area contributed by atoms with Crippen molar-refractivity contribution >= 4 is 0 Å². The van der Waals surface area contributed by atoms with Crippen LogP contribution in [0.3, 0.4) is 0 Å². The first kappa shape index (κ1) is 14.7. The molecular formula is C13H27NO. The number of nitrogens with one attached hydrogen (secondary N) is 1. The third-order valence-electron chi connectivity index (χ3n) is 2.67. The second-order valence-electron chi connectivity index (χ2n) is 4.60. The third-order valence-corrected chi connectivity index (χ3v) is 2.67. The highest BCUT2D eigenvalue weighted by molar-refractivity contribution is 4.91. The lowest BCUT2D eigenvalue weighted by Gasteiger charge is -2.29. The van der Waals surface area contributed by atoms with Crippen LogP contribution < -0.4 is 5.32 Å². The lowest BCUT2D eigenvalue weighted by molar-refractivity contribution is 0.0313. The summed E-state index contributed by atoms with van der Waals surface area (Å²) < 4.78 is 5.57. The smallest absolute Gasteiger partial charge is 0.0747 e. The van der Waals surface area contributed by atoms with Gasteiger partial charge in [0, 0.05) is 13.2 Å². The first-order chi connectivity index (χ1) is 7.02. The summed E-state index contributed by atoms with van der Waals surface area (Å²) in [5, 5.41) is 3.50. The predicted octanol–water partition coefficient (Wildman–Crippen LogP) is 2.99. The van der Waals surface area contributed by atoms with E-state index in [-0.39, 0.29) is 0 Å². The van der Waals surface area contributed by atoms with Gasteiger partial charge in [0.15, 0.2) is 0 Å². The fraction of sp³-hybridized carbons (Fsp3) is 0.846. The summed E-state index contributed by atoms with van der Waals surface area (Å²) in [4.78, 5) is 0. The van der Waals surface area contributed by atoms with Gasteiger partial charge in [0.1, 0.15) is 0 Å². The summed E-state index contributed by atoms with van der Waals surface area (Å²) >= 11 is 0. The molecular weight excluding hydrogens is 186 g/mol. The molecule has 0 spiro atoms. The molecule has 0 aromatic heterocycles. The van der Waals surface area contributed by atoms with Crippen molar-refractivity contribution in [2.24, 2.45) is 5.92 Å². The van der Waals surface area contributed by atoms with Crippen molar-refractivity contribution in [3.63, 3.8) is 0 Å². The summed E-state index contributed by atoms with van der Waals surface area (Å²) in [7, 11) is 1.80. The minimum atomic E-state index is 0.296. The molecule has 0 aromatic rings. The lowest BCUT2D eigenvalue weighted by atomic mass is 9.94. The predicted molar refractivity (Wildman–Crippen MR) is 67.1 cm³/mol. The van der Waals surface area contributed by atoms with Gasteiger partial charge in [-0.05, 0) is 32.2 Å². The van der Waals surface area contributed by atoms with E-state index in [1.807, 2.05) is 0 Å². The molecule has 0 saturated carbocycles. The van der Waals surface area contributed by atoms with E-state index in [4.69, 9.17) is 4.74 Å². The van der Waals surface area contributed by atoms with E-state index in [9.17, 15) is 0 Å². The van der Waals surface area contributed by atoms with E-state index < -0.39 is 0 Å². The Morgan fingerprint density at radius 1 is 1.40 bits per heavy atom. The summed E-state index contributed by atoms with van der Waals surface area (Å²) in [5.74, 6) is 0.546. The number of hydrogen-bond acceptors (Lipinski definition) is 2. The molecule has 0 rings (SSSR count). The van der Waals surface area contributed by atoms with E-state index in [0.29, 0.717) is 18.1 Å². The molecule has 0 aliphatic rings. The maximum absolute atomic E-state index is 5.57. The maximum Gasteiger partial charge on any atom is 0.0747 e. The van der Waals surface area contributed by atoms with Crippen LogP contribution in [0.1, 0.15) is 40.5 Å². The molecule has 0 bridgehead atoms. The molecule has 2 heteroatoms. The highest BCUT2D eigenvalue weighted by Gasteiger charge is 2.22. The number of ether oxygens (including phenoxy) is 1. The largest absolute Gasteiger partial charge is 0.380 e. The SMILES string of the molecule is C=C(C)CCC(NCC)C(OC)C(C)C. The van der Waals surface area contributed by atoms with Crippen LogP contribution in [0.25, 0.3) is 0 Å². The van der Waals surface area contributed by atoms with Crippen LogP contribution in [-0.2, 0) is 4.74 Å². The van der Waals surface area contributed by atoms with Crippen LogP contribution in [0.15, 0.2) is 12.2 Å². The van der Waals surface area contributed by atoms with Crippen molar-refractivity contribution in [1.29, 1.82) is 0 Å².